The lowest BCUT2D eigenvalue weighted by Crippen LogP contribution is -2.10. The molecule has 8 heteroatoms. The lowest BCUT2D eigenvalue weighted by Gasteiger charge is -2.12. The molecule has 6 nitrogen and oxygen atoms in total. The fraction of sp³-hybridized carbons (Fsp3) is 0.217. The molecule has 4 rings (SSSR count). The minimum absolute atomic E-state index is 0.430. The lowest BCUT2D eigenvalue weighted by molar-refractivity contribution is 0.571. The monoisotopic (exact) mass is 437 g/mol. The molecule has 4 aromatic rings. The molecule has 1 atom stereocenters. The van der Waals surface area contributed by atoms with Crippen LogP contribution in [-0.2, 0) is 24.0 Å². The zero-order valence-electron chi connectivity index (χ0n) is 17.4. The van der Waals surface area contributed by atoms with Crippen LogP contribution in [0.2, 0.25) is 0 Å². The predicted octanol–water partition coefficient (Wildman–Crippen LogP) is 4.70. The van der Waals surface area contributed by atoms with Crippen LogP contribution in [0.4, 0.5) is 15.9 Å². The number of nitrogens with zero attached hydrogens (tertiary/aromatic N) is 2. The Kier molecular flexibility index (Phi) is 6.27. The van der Waals surface area contributed by atoms with E-state index in [1.54, 1.807) is 18.3 Å². The molecular formula is C23H24FN5OS. The van der Waals surface area contributed by atoms with Gasteiger partial charge in [0.15, 0.2) is 0 Å². The van der Waals surface area contributed by atoms with Gasteiger partial charge in [0.25, 0.3) is 0 Å². The van der Waals surface area contributed by atoms with Crippen molar-refractivity contribution in [2.75, 3.05) is 15.8 Å². The summed E-state index contributed by atoms with van der Waals surface area (Å²) in [7, 11) is -1.13. The fourth-order valence-electron chi connectivity index (χ4n) is 3.36. The first kappa shape index (κ1) is 21.0. The van der Waals surface area contributed by atoms with Gasteiger partial charge in [0.05, 0.1) is 5.69 Å². The smallest absolute Gasteiger partial charge is 0.218 e. The highest BCUT2D eigenvalue weighted by Gasteiger charge is 2.11. The minimum Gasteiger partial charge on any atom is -0.366 e. The van der Waals surface area contributed by atoms with Crippen molar-refractivity contribution in [3.8, 4) is 0 Å². The van der Waals surface area contributed by atoms with Gasteiger partial charge in [-0.15, -0.1) is 0 Å². The number of aromatic amines is 1. The number of nitrogens with one attached hydrogen (secondary N) is 3. The maximum absolute atomic E-state index is 14.7. The van der Waals surface area contributed by atoms with E-state index in [1.807, 2.05) is 50.4 Å². The quantitative estimate of drug-likeness (QED) is 0.349. The third-order valence-electron chi connectivity index (χ3n) is 5.02. The minimum atomic E-state index is -1.13. The van der Waals surface area contributed by atoms with Crippen LogP contribution in [0.5, 0.6) is 0 Å². The average Bonchev–Trinajstić information content (AvgIpc) is 3.16. The highest BCUT2D eigenvalue weighted by molar-refractivity contribution is 7.86. The number of aryl methyl sites for hydroxylation is 1. The van der Waals surface area contributed by atoms with E-state index in [1.165, 1.54) is 0 Å². The Morgan fingerprint density at radius 2 is 1.97 bits per heavy atom. The van der Waals surface area contributed by atoms with Gasteiger partial charge in [0, 0.05) is 42.1 Å². The molecule has 1 unspecified atom stereocenters. The molecule has 3 heterocycles. The van der Waals surface area contributed by atoms with E-state index in [2.05, 4.69) is 25.0 Å². The molecule has 0 aliphatic heterocycles. The highest BCUT2D eigenvalue weighted by Crippen LogP contribution is 2.23. The largest absolute Gasteiger partial charge is 0.366 e. The molecule has 0 aliphatic carbocycles. The number of H-pyrrole nitrogens is 1. The van der Waals surface area contributed by atoms with E-state index < -0.39 is 16.9 Å². The molecule has 0 bridgehead atoms. The van der Waals surface area contributed by atoms with Crippen LogP contribution in [0, 0.1) is 12.9 Å². The second kappa shape index (κ2) is 9.26. The van der Waals surface area contributed by atoms with Crippen molar-refractivity contribution in [2.24, 2.45) is 0 Å². The number of rotatable bonds is 8. The Morgan fingerprint density at radius 1 is 1.13 bits per heavy atom. The third-order valence-corrected chi connectivity index (χ3v) is 6.00. The number of benzene rings is 1. The van der Waals surface area contributed by atoms with E-state index in [9.17, 15) is 8.60 Å². The molecule has 0 spiro atoms. The SMILES string of the molecule is CCS(=O)Nc1ccccc1CNc1ccc(Cc2c[nH]c3ncc(C)cc23)c(F)n1. The summed E-state index contributed by atoms with van der Waals surface area (Å²) in [5, 5.41) is 4.15. The third kappa shape index (κ3) is 4.91. The first-order chi connectivity index (χ1) is 15.0. The van der Waals surface area contributed by atoms with Crippen LogP contribution >= 0.6 is 0 Å². The van der Waals surface area contributed by atoms with E-state index in [-0.39, 0.29) is 0 Å². The van der Waals surface area contributed by atoms with E-state index in [4.69, 9.17) is 0 Å². The second-order valence-electron chi connectivity index (χ2n) is 7.29. The molecule has 0 radical (unpaired) electrons. The van der Waals surface area contributed by atoms with Gasteiger partial charge in [-0.3, -0.25) is 0 Å². The topological polar surface area (TPSA) is 82.7 Å². The van der Waals surface area contributed by atoms with Crippen molar-refractivity contribution in [1.29, 1.82) is 0 Å². The summed E-state index contributed by atoms with van der Waals surface area (Å²) in [6.07, 6.45) is 4.10. The summed E-state index contributed by atoms with van der Waals surface area (Å²) in [6, 6.07) is 13.2. The average molecular weight is 438 g/mol. The van der Waals surface area contributed by atoms with Crippen LogP contribution in [0.3, 0.4) is 0 Å². The van der Waals surface area contributed by atoms with Crippen molar-refractivity contribution in [3.63, 3.8) is 0 Å². The van der Waals surface area contributed by atoms with Crippen molar-refractivity contribution < 1.29 is 8.60 Å². The van der Waals surface area contributed by atoms with Crippen LogP contribution in [0.1, 0.15) is 29.2 Å². The zero-order chi connectivity index (χ0) is 21.8. The Labute approximate surface area is 182 Å². The molecule has 3 aromatic heterocycles. The molecule has 0 saturated carbocycles. The molecule has 31 heavy (non-hydrogen) atoms. The Hall–Kier alpha value is -3.26. The number of fused-ring (bicyclic) bond motifs is 1. The molecular weight excluding hydrogens is 413 g/mol. The Balaban J connectivity index is 1.47. The summed E-state index contributed by atoms with van der Waals surface area (Å²) in [5.74, 6) is 0.463. The number of hydrogen-bond acceptors (Lipinski definition) is 4. The Bertz CT molecular complexity index is 1240. The van der Waals surface area contributed by atoms with E-state index >= 15 is 0 Å². The molecule has 160 valence electrons. The number of pyridine rings is 2. The van der Waals surface area contributed by atoms with Gasteiger partial charge >= 0.3 is 0 Å². The first-order valence-electron chi connectivity index (χ1n) is 10.1. The highest BCUT2D eigenvalue weighted by atomic mass is 32.2. The van der Waals surface area contributed by atoms with Crippen LogP contribution in [0.15, 0.2) is 54.9 Å². The first-order valence-corrected chi connectivity index (χ1v) is 11.4. The van der Waals surface area contributed by atoms with E-state index in [0.717, 1.165) is 33.4 Å². The molecule has 0 aliphatic rings. The second-order valence-corrected chi connectivity index (χ2v) is 8.77. The summed E-state index contributed by atoms with van der Waals surface area (Å²) in [6.45, 7) is 4.27. The number of hydrogen-bond donors (Lipinski definition) is 3. The van der Waals surface area contributed by atoms with Crippen LogP contribution < -0.4 is 10.0 Å². The van der Waals surface area contributed by atoms with Gasteiger partial charge in [-0.2, -0.15) is 4.39 Å². The number of anilines is 2. The number of halogens is 1. The van der Waals surface area contributed by atoms with Crippen LogP contribution in [-0.4, -0.2) is 24.9 Å². The van der Waals surface area contributed by atoms with Gasteiger partial charge < -0.3 is 15.0 Å². The predicted molar refractivity (Wildman–Crippen MR) is 124 cm³/mol. The lowest BCUT2D eigenvalue weighted by atomic mass is 10.1. The molecule has 0 amide bonds. The van der Waals surface area contributed by atoms with Crippen molar-refractivity contribution in [2.45, 2.75) is 26.8 Å². The van der Waals surface area contributed by atoms with Gasteiger partial charge in [-0.1, -0.05) is 31.2 Å². The summed E-state index contributed by atoms with van der Waals surface area (Å²) >= 11 is 0. The standard InChI is InChI=1S/C23H24FN5OS/c1-3-31(30)29-20-7-5-4-6-17(20)13-25-21-9-8-16(22(24)28-21)11-18-14-27-23-19(18)10-15(2)12-26-23/h4-10,12,14,29H,3,11,13H2,1-2H3,(H,25,28)(H,26,27). The summed E-state index contributed by atoms with van der Waals surface area (Å²) in [4.78, 5) is 11.6. The van der Waals surface area contributed by atoms with Crippen molar-refractivity contribution in [3.05, 3.63) is 83.1 Å². The normalized spacial score (nSPS) is 12.1. The van der Waals surface area contributed by atoms with Crippen molar-refractivity contribution in [1.82, 2.24) is 15.0 Å². The zero-order valence-corrected chi connectivity index (χ0v) is 18.2. The Morgan fingerprint density at radius 3 is 2.77 bits per heavy atom. The number of para-hydroxylation sites is 1. The maximum Gasteiger partial charge on any atom is 0.218 e. The molecule has 0 fully saturated rings. The van der Waals surface area contributed by atoms with Gasteiger partial charge in [-0.25, -0.2) is 14.2 Å². The van der Waals surface area contributed by atoms with E-state index in [0.29, 0.717) is 30.1 Å². The molecule has 0 saturated heterocycles. The van der Waals surface area contributed by atoms with Gasteiger partial charge in [0.2, 0.25) is 5.95 Å². The van der Waals surface area contributed by atoms with Gasteiger partial charge in [0.1, 0.15) is 22.5 Å². The van der Waals surface area contributed by atoms with Crippen molar-refractivity contribution >= 4 is 33.5 Å². The molecule has 1 aromatic carbocycles. The summed E-state index contributed by atoms with van der Waals surface area (Å²) in [5.41, 5.74) is 5.07. The number of aromatic nitrogens is 3. The molecule has 3 N–H and O–H groups in total. The fourth-order valence-corrected chi connectivity index (χ4v) is 3.95. The maximum atomic E-state index is 14.7. The summed E-state index contributed by atoms with van der Waals surface area (Å²) < 4.78 is 29.5. The van der Waals surface area contributed by atoms with Gasteiger partial charge in [-0.05, 0) is 41.8 Å². The van der Waals surface area contributed by atoms with Crippen LogP contribution in [0.25, 0.3) is 11.0 Å².